The molecule has 0 spiro atoms. The predicted molar refractivity (Wildman–Crippen MR) is 62.0 cm³/mol. The van der Waals surface area contributed by atoms with Crippen LogP contribution in [0.25, 0.3) is 0 Å². The van der Waals surface area contributed by atoms with E-state index in [-0.39, 0.29) is 18.6 Å². The molecule has 0 heterocycles. The Kier molecular flexibility index (Phi) is 7.52. The minimum absolute atomic E-state index is 0.0257. The van der Waals surface area contributed by atoms with Crippen LogP contribution in [-0.4, -0.2) is 30.0 Å². The molecule has 12 heteroatoms. The molecule has 136 valence electrons. The highest BCUT2D eigenvalue weighted by Crippen LogP contribution is 2.52. The molecule has 0 aromatic heterocycles. The summed E-state index contributed by atoms with van der Waals surface area (Å²) >= 11 is 0.679. The van der Waals surface area contributed by atoms with Gasteiger partial charge in [-0.25, -0.2) is 4.39 Å². The number of nitrogens with zero attached hydrogens (tertiary/aromatic N) is 1. The number of thioether (sulfide) groups is 1. The van der Waals surface area contributed by atoms with Gasteiger partial charge in [-0.2, -0.15) is 44.8 Å². The van der Waals surface area contributed by atoms with E-state index in [4.69, 9.17) is 5.26 Å². The van der Waals surface area contributed by atoms with E-state index in [1.807, 2.05) is 0 Å². The molecule has 0 aliphatic rings. The van der Waals surface area contributed by atoms with Crippen molar-refractivity contribution in [2.24, 2.45) is 5.92 Å². The maximum absolute atomic E-state index is 13.4. The van der Waals surface area contributed by atoms with Gasteiger partial charge in [0.05, 0.1) is 5.92 Å². The molecule has 23 heavy (non-hydrogen) atoms. The molecular weight excluding hydrogens is 368 g/mol. The van der Waals surface area contributed by atoms with Gasteiger partial charge in [0.1, 0.15) is 5.40 Å². The van der Waals surface area contributed by atoms with Gasteiger partial charge in [0.25, 0.3) is 5.67 Å². The molecule has 0 radical (unpaired) electrons. The Morgan fingerprint density at radius 1 is 0.826 bits per heavy atom. The largest absolute Gasteiger partial charge is 0.431 e. The number of hydrogen-bond donors (Lipinski definition) is 0. The number of hydrogen-bond acceptors (Lipinski definition) is 2. The van der Waals surface area contributed by atoms with Crippen LogP contribution in [0.1, 0.15) is 25.7 Å². The van der Waals surface area contributed by atoms with Gasteiger partial charge in [0.15, 0.2) is 0 Å². The van der Waals surface area contributed by atoms with Gasteiger partial charge in [0.2, 0.25) is 0 Å². The van der Waals surface area contributed by atoms with Gasteiger partial charge >= 0.3 is 18.5 Å². The molecule has 0 saturated heterocycles. The highest BCUT2D eigenvalue weighted by Gasteiger charge is 2.73. The molecule has 1 nitrogen and oxygen atoms in total. The first-order chi connectivity index (χ1) is 10.2. The van der Waals surface area contributed by atoms with Crippen LogP contribution in [-0.2, 0) is 0 Å². The number of nitriles is 1. The fourth-order valence-corrected chi connectivity index (χ4v) is 2.16. The quantitative estimate of drug-likeness (QED) is 0.318. The van der Waals surface area contributed by atoms with Crippen LogP contribution in [0.5, 0.6) is 0 Å². The minimum Gasteiger partial charge on any atom is -0.224 e. The SMILES string of the molecule is N#CSCCCCC(CC(F)(C(F)(F)F)C(F)(F)F)C(F)(F)F. The Hall–Kier alpha value is -0.860. The second-order valence-corrected chi connectivity index (χ2v) is 5.55. The van der Waals surface area contributed by atoms with E-state index in [1.54, 1.807) is 5.40 Å². The number of halogens is 10. The van der Waals surface area contributed by atoms with Crippen molar-refractivity contribution in [1.82, 2.24) is 0 Å². The second kappa shape index (κ2) is 7.81. The molecule has 1 atom stereocenters. The van der Waals surface area contributed by atoms with Crippen molar-refractivity contribution in [1.29, 1.82) is 5.26 Å². The molecule has 0 rings (SSSR count). The van der Waals surface area contributed by atoms with Crippen LogP contribution in [0.15, 0.2) is 0 Å². The highest BCUT2D eigenvalue weighted by atomic mass is 32.2. The Morgan fingerprint density at radius 3 is 1.65 bits per heavy atom. The van der Waals surface area contributed by atoms with Crippen LogP contribution in [0, 0.1) is 16.6 Å². The van der Waals surface area contributed by atoms with E-state index >= 15 is 0 Å². The molecule has 0 N–H and O–H groups in total. The van der Waals surface area contributed by atoms with E-state index in [2.05, 4.69) is 0 Å². The third-order valence-electron chi connectivity index (χ3n) is 3.00. The number of thiocyanates is 1. The predicted octanol–water partition coefficient (Wildman–Crippen LogP) is 5.77. The smallest absolute Gasteiger partial charge is 0.224 e. The lowest BCUT2D eigenvalue weighted by atomic mass is 9.87. The topological polar surface area (TPSA) is 23.8 Å². The maximum Gasteiger partial charge on any atom is 0.431 e. The van der Waals surface area contributed by atoms with Crippen LogP contribution in [0.4, 0.5) is 43.9 Å². The van der Waals surface area contributed by atoms with Crippen LogP contribution in [0.2, 0.25) is 0 Å². The third kappa shape index (κ3) is 6.27. The van der Waals surface area contributed by atoms with E-state index in [9.17, 15) is 43.9 Å². The van der Waals surface area contributed by atoms with Crippen molar-refractivity contribution in [2.75, 3.05) is 5.75 Å². The molecule has 1 unspecified atom stereocenters. The first kappa shape index (κ1) is 22.1. The van der Waals surface area contributed by atoms with Crippen molar-refractivity contribution in [2.45, 2.75) is 49.9 Å². The van der Waals surface area contributed by atoms with E-state index in [0.717, 1.165) is 0 Å². The average Bonchev–Trinajstić information content (AvgIpc) is 2.32. The first-order valence-electron chi connectivity index (χ1n) is 6.06. The molecule has 0 amide bonds. The van der Waals surface area contributed by atoms with E-state index < -0.39 is 43.0 Å². The summed E-state index contributed by atoms with van der Waals surface area (Å²) in [6.45, 7) is 0. The summed E-state index contributed by atoms with van der Waals surface area (Å²) in [6, 6.07) is 0. The first-order valence-corrected chi connectivity index (χ1v) is 7.05. The number of alkyl halides is 10. The molecular formula is C11H11F10NS. The summed E-state index contributed by atoms with van der Waals surface area (Å²) in [5.74, 6) is -3.02. The van der Waals surface area contributed by atoms with Crippen LogP contribution < -0.4 is 0 Å². The van der Waals surface area contributed by atoms with Gasteiger partial charge in [-0.15, -0.1) is 0 Å². The zero-order valence-electron chi connectivity index (χ0n) is 11.2. The van der Waals surface area contributed by atoms with Gasteiger partial charge in [-0.3, -0.25) is 0 Å². The van der Waals surface area contributed by atoms with Crippen molar-refractivity contribution in [3.8, 4) is 5.40 Å². The maximum atomic E-state index is 13.4. The monoisotopic (exact) mass is 379 g/mol. The minimum atomic E-state index is -6.51. The summed E-state index contributed by atoms with van der Waals surface area (Å²) in [5, 5.41) is 9.77. The third-order valence-corrected chi connectivity index (χ3v) is 3.62. The number of rotatable bonds is 7. The summed E-state index contributed by atoms with van der Waals surface area (Å²) in [7, 11) is 0. The molecule has 0 aliphatic heterocycles. The lowest BCUT2D eigenvalue weighted by molar-refractivity contribution is -0.352. The van der Waals surface area contributed by atoms with Gasteiger partial charge in [-0.05, 0) is 24.6 Å². The fraction of sp³-hybridized carbons (Fsp3) is 0.909. The lowest BCUT2D eigenvalue weighted by Crippen LogP contribution is -2.55. The van der Waals surface area contributed by atoms with Crippen molar-refractivity contribution < 1.29 is 43.9 Å². The van der Waals surface area contributed by atoms with Gasteiger partial charge in [-0.1, -0.05) is 6.42 Å². The van der Waals surface area contributed by atoms with Crippen molar-refractivity contribution in [3.63, 3.8) is 0 Å². The second-order valence-electron chi connectivity index (χ2n) is 4.67. The fourth-order valence-electron chi connectivity index (χ4n) is 1.72. The summed E-state index contributed by atoms with van der Waals surface area (Å²) in [4.78, 5) is 0. The Labute approximate surface area is 129 Å². The zero-order chi connectivity index (χ0) is 18.5. The molecule has 0 bridgehead atoms. The molecule has 0 fully saturated rings. The van der Waals surface area contributed by atoms with Crippen LogP contribution >= 0.6 is 11.8 Å². The zero-order valence-corrected chi connectivity index (χ0v) is 12.1. The molecule has 0 saturated carbocycles. The highest BCUT2D eigenvalue weighted by molar-refractivity contribution is 8.03. The van der Waals surface area contributed by atoms with E-state index in [1.165, 1.54) is 0 Å². The molecule has 0 aromatic carbocycles. The molecule has 0 aromatic rings. The van der Waals surface area contributed by atoms with E-state index in [0.29, 0.717) is 11.8 Å². The van der Waals surface area contributed by atoms with Crippen molar-refractivity contribution >= 4 is 11.8 Å². The summed E-state index contributed by atoms with van der Waals surface area (Å²) in [6.07, 6.45) is -22.7. The molecule has 0 aliphatic carbocycles. The summed E-state index contributed by atoms with van der Waals surface area (Å²) < 4.78 is 125. The van der Waals surface area contributed by atoms with Gasteiger partial charge < -0.3 is 0 Å². The standard InChI is InChI=1S/C11H11F10NS/c12-8(10(16,17)18,11(19,20)21)5-7(9(13,14)15)3-1-2-4-23-6-22/h7H,1-5H2. The van der Waals surface area contributed by atoms with Gasteiger partial charge in [0, 0.05) is 12.2 Å². The van der Waals surface area contributed by atoms with Crippen molar-refractivity contribution in [3.05, 3.63) is 0 Å². The Morgan fingerprint density at radius 2 is 1.30 bits per heavy atom. The normalized spacial score (nSPS) is 15.3. The van der Waals surface area contributed by atoms with Crippen LogP contribution in [0.3, 0.4) is 0 Å². The lowest BCUT2D eigenvalue weighted by Gasteiger charge is -2.33. The average molecular weight is 379 g/mol. The Balaban J connectivity index is 5.17. The summed E-state index contributed by atoms with van der Waals surface area (Å²) in [5.41, 5.74) is -5.93. The Bertz CT molecular complexity index is 391. The number of unbranched alkanes of at least 4 members (excludes halogenated alkanes) is 1.